The lowest BCUT2D eigenvalue weighted by molar-refractivity contribution is 0.0977. The number of halogens is 1. The number of aromatic nitrogens is 3. The molecular formula is C18H13FN4O. The molecule has 0 N–H and O–H groups in total. The van der Waals surface area contributed by atoms with Crippen LogP contribution in [0.5, 0.6) is 0 Å². The predicted octanol–water partition coefficient (Wildman–Crippen LogP) is 2.96. The number of benzene rings is 1. The second kappa shape index (κ2) is 6.84. The summed E-state index contributed by atoms with van der Waals surface area (Å²) in [5.41, 5.74) is 1.60. The van der Waals surface area contributed by atoms with Crippen molar-refractivity contribution in [2.24, 2.45) is 0 Å². The fourth-order valence-corrected chi connectivity index (χ4v) is 2.33. The molecule has 0 bridgehead atoms. The minimum atomic E-state index is -1.08. The molecule has 1 atom stereocenters. The lowest BCUT2D eigenvalue weighted by Gasteiger charge is -2.06. The van der Waals surface area contributed by atoms with Crippen molar-refractivity contribution in [2.45, 2.75) is 12.5 Å². The zero-order valence-corrected chi connectivity index (χ0v) is 12.6. The second-order valence-corrected chi connectivity index (χ2v) is 5.24. The molecule has 0 aliphatic carbocycles. The standard InChI is InChI=1S/C18H13FN4O/c19-15-6-7-17(21-10-15)16(8-20)18(24)14-9-22-23(12-14)11-13-4-2-1-3-5-13/h1-7,9-10,12,16H,11H2/t16-/m1/s1. The summed E-state index contributed by atoms with van der Waals surface area (Å²) in [7, 11) is 0. The fraction of sp³-hybridized carbons (Fsp3) is 0.111. The minimum Gasteiger partial charge on any atom is -0.292 e. The Morgan fingerprint density at radius 1 is 1.21 bits per heavy atom. The summed E-state index contributed by atoms with van der Waals surface area (Å²) in [6.45, 7) is 0.528. The summed E-state index contributed by atoms with van der Waals surface area (Å²) in [5.74, 6) is -2.01. The van der Waals surface area contributed by atoms with Gasteiger partial charge in [-0.1, -0.05) is 30.3 Å². The van der Waals surface area contributed by atoms with Crippen LogP contribution in [0.1, 0.15) is 27.5 Å². The summed E-state index contributed by atoms with van der Waals surface area (Å²) >= 11 is 0. The van der Waals surface area contributed by atoms with Gasteiger partial charge in [0.25, 0.3) is 0 Å². The molecule has 6 heteroatoms. The van der Waals surface area contributed by atoms with Crippen LogP contribution in [0, 0.1) is 17.1 Å². The van der Waals surface area contributed by atoms with Gasteiger partial charge in [0.2, 0.25) is 0 Å². The summed E-state index contributed by atoms with van der Waals surface area (Å²) in [5, 5.41) is 13.5. The molecule has 0 unspecified atom stereocenters. The molecule has 0 aliphatic heterocycles. The Kier molecular flexibility index (Phi) is 4.43. The highest BCUT2D eigenvalue weighted by Crippen LogP contribution is 2.19. The smallest absolute Gasteiger partial charge is 0.189 e. The fourth-order valence-electron chi connectivity index (χ4n) is 2.33. The monoisotopic (exact) mass is 320 g/mol. The molecule has 0 saturated heterocycles. The lowest BCUT2D eigenvalue weighted by atomic mass is 9.97. The SMILES string of the molecule is N#C[C@@H](C(=O)c1cnn(Cc2ccccc2)c1)c1ccc(F)cn1. The average molecular weight is 320 g/mol. The zero-order valence-electron chi connectivity index (χ0n) is 12.6. The van der Waals surface area contributed by atoms with E-state index in [-0.39, 0.29) is 5.69 Å². The first-order valence-corrected chi connectivity index (χ1v) is 7.29. The van der Waals surface area contributed by atoms with E-state index in [0.29, 0.717) is 12.1 Å². The van der Waals surface area contributed by atoms with Crippen LogP contribution in [0.3, 0.4) is 0 Å². The molecule has 0 spiro atoms. The molecule has 3 rings (SSSR count). The first-order valence-electron chi connectivity index (χ1n) is 7.29. The van der Waals surface area contributed by atoms with E-state index in [9.17, 15) is 14.4 Å². The maximum Gasteiger partial charge on any atom is 0.189 e. The Morgan fingerprint density at radius 3 is 2.67 bits per heavy atom. The van der Waals surface area contributed by atoms with E-state index in [0.717, 1.165) is 11.8 Å². The third kappa shape index (κ3) is 3.36. The number of nitriles is 1. The Bertz CT molecular complexity index is 881. The number of carbonyl (C=O) groups excluding carboxylic acids is 1. The Hall–Kier alpha value is -3.33. The Labute approximate surface area is 138 Å². The second-order valence-electron chi connectivity index (χ2n) is 5.24. The van der Waals surface area contributed by atoms with E-state index in [1.807, 2.05) is 36.4 Å². The highest BCUT2D eigenvalue weighted by molar-refractivity contribution is 6.02. The number of hydrogen-bond donors (Lipinski definition) is 0. The van der Waals surface area contributed by atoms with Gasteiger partial charge in [-0.05, 0) is 17.7 Å². The maximum atomic E-state index is 12.9. The summed E-state index contributed by atoms with van der Waals surface area (Å²) in [4.78, 5) is 16.3. The van der Waals surface area contributed by atoms with Gasteiger partial charge < -0.3 is 0 Å². The normalized spacial score (nSPS) is 11.7. The quantitative estimate of drug-likeness (QED) is 0.678. The van der Waals surface area contributed by atoms with E-state index < -0.39 is 17.5 Å². The molecule has 5 nitrogen and oxygen atoms in total. The number of rotatable bonds is 5. The maximum absolute atomic E-state index is 12.9. The van der Waals surface area contributed by atoms with Crippen molar-refractivity contribution in [3.63, 3.8) is 0 Å². The van der Waals surface area contributed by atoms with Crippen molar-refractivity contribution in [1.29, 1.82) is 5.26 Å². The van der Waals surface area contributed by atoms with Crippen LogP contribution >= 0.6 is 0 Å². The van der Waals surface area contributed by atoms with Gasteiger partial charge in [-0.15, -0.1) is 0 Å². The van der Waals surface area contributed by atoms with E-state index in [1.165, 1.54) is 18.3 Å². The van der Waals surface area contributed by atoms with Crippen molar-refractivity contribution in [1.82, 2.24) is 14.8 Å². The molecular weight excluding hydrogens is 307 g/mol. The van der Waals surface area contributed by atoms with Crippen LogP contribution in [0.15, 0.2) is 61.1 Å². The highest BCUT2D eigenvalue weighted by Gasteiger charge is 2.24. The van der Waals surface area contributed by atoms with Gasteiger partial charge in [-0.3, -0.25) is 14.5 Å². The largest absolute Gasteiger partial charge is 0.292 e. The van der Waals surface area contributed by atoms with Crippen molar-refractivity contribution in [3.05, 3.63) is 83.7 Å². The molecule has 0 saturated carbocycles. The van der Waals surface area contributed by atoms with E-state index in [1.54, 1.807) is 10.9 Å². The molecule has 1 aromatic carbocycles. The van der Waals surface area contributed by atoms with Crippen LogP contribution < -0.4 is 0 Å². The number of Topliss-reactive ketones (excluding diaryl/α,β-unsaturated/α-hetero) is 1. The lowest BCUT2D eigenvalue weighted by Crippen LogP contribution is -2.12. The van der Waals surface area contributed by atoms with Gasteiger partial charge in [0.15, 0.2) is 11.7 Å². The van der Waals surface area contributed by atoms with Crippen molar-refractivity contribution >= 4 is 5.78 Å². The van der Waals surface area contributed by atoms with Gasteiger partial charge in [-0.2, -0.15) is 10.4 Å². The van der Waals surface area contributed by atoms with Gasteiger partial charge in [0.1, 0.15) is 5.82 Å². The average Bonchev–Trinajstić information content (AvgIpc) is 3.06. The van der Waals surface area contributed by atoms with E-state index in [4.69, 9.17) is 0 Å². The number of ketones is 1. The topological polar surface area (TPSA) is 71.6 Å². The number of nitrogens with zero attached hydrogens (tertiary/aromatic N) is 4. The number of carbonyl (C=O) groups is 1. The number of pyridine rings is 1. The highest BCUT2D eigenvalue weighted by atomic mass is 19.1. The van der Waals surface area contributed by atoms with E-state index >= 15 is 0 Å². The van der Waals surface area contributed by atoms with Crippen LogP contribution in [-0.2, 0) is 6.54 Å². The molecule has 118 valence electrons. The van der Waals surface area contributed by atoms with Gasteiger partial charge >= 0.3 is 0 Å². The number of hydrogen-bond acceptors (Lipinski definition) is 4. The van der Waals surface area contributed by atoms with Crippen molar-refractivity contribution in [2.75, 3.05) is 0 Å². The van der Waals surface area contributed by atoms with Crippen molar-refractivity contribution < 1.29 is 9.18 Å². The van der Waals surface area contributed by atoms with Crippen LogP contribution in [0.2, 0.25) is 0 Å². The van der Waals surface area contributed by atoms with Crippen molar-refractivity contribution in [3.8, 4) is 6.07 Å². The van der Waals surface area contributed by atoms with E-state index in [2.05, 4.69) is 10.1 Å². The Balaban J connectivity index is 1.79. The molecule has 0 fully saturated rings. The minimum absolute atomic E-state index is 0.222. The van der Waals surface area contributed by atoms with Crippen LogP contribution in [-0.4, -0.2) is 20.5 Å². The molecule has 0 radical (unpaired) electrons. The third-order valence-electron chi connectivity index (χ3n) is 3.54. The van der Waals surface area contributed by atoms with Gasteiger partial charge in [-0.25, -0.2) is 4.39 Å². The summed E-state index contributed by atoms with van der Waals surface area (Å²) in [6, 6.07) is 14.1. The first kappa shape index (κ1) is 15.6. The molecule has 0 aliphatic rings. The molecule has 2 heterocycles. The molecule has 3 aromatic rings. The van der Waals surface area contributed by atoms with Crippen LogP contribution in [0.4, 0.5) is 4.39 Å². The Morgan fingerprint density at radius 2 is 2.00 bits per heavy atom. The molecule has 0 amide bonds. The first-order chi connectivity index (χ1) is 11.7. The van der Waals surface area contributed by atoms with Gasteiger partial charge in [0, 0.05) is 6.20 Å². The van der Waals surface area contributed by atoms with Gasteiger partial charge in [0.05, 0.1) is 36.3 Å². The molecule has 2 aromatic heterocycles. The predicted molar refractivity (Wildman–Crippen MR) is 84.7 cm³/mol. The zero-order chi connectivity index (χ0) is 16.9. The van der Waals surface area contributed by atoms with Crippen LogP contribution in [0.25, 0.3) is 0 Å². The third-order valence-corrected chi connectivity index (χ3v) is 3.54. The summed E-state index contributed by atoms with van der Waals surface area (Å²) < 4.78 is 14.6. The summed E-state index contributed by atoms with van der Waals surface area (Å²) in [6.07, 6.45) is 4.02. The molecule has 24 heavy (non-hydrogen) atoms.